The van der Waals surface area contributed by atoms with E-state index in [0.717, 1.165) is 22.3 Å². The molecule has 6 aromatic rings. The molecule has 2 aromatic heterocycles. The third-order valence-electron chi connectivity index (χ3n) is 9.98. The van der Waals surface area contributed by atoms with E-state index in [1.165, 1.54) is 0 Å². The van der Waals surface area contributed by atoms with Crippen LogP contribution in [0.4, 0.5) is 5.95 Å². The number of rotatable bonds is 12. The van der Waals surface area contributed by atoms with Gasteiger partial charge in [-0.25, -0.2) is 4.98 Å². The summed E-state index contributed by atoms with van der Waals surface area (Å²) < 4.78 is 20.2. The highest BCUT2D eigenvalue weighted by atomic mass is 16.5. The van der Waals surface area contributed by atoms with Crippen molar-refractivity contribution in [1.82, 2.24) is 24.4 Å². The van der Waals surface area contributed by atoms with Crippen LogP contribution in [0.1, 0.15) is 63.1 Å². The number of aliphatic hydroxyl groups is 1. The van der Waals surface area contributed by atoms with E-state index in [1.54, 1.807) is 53.1 Å². The highest BCUT2D eigenvalue weighted by Gasteiger charge is 2.46. The van der Waals surface area contributed by atoms with Crippen LogP contribution in [-0.4, -0.2) is 67.2 Å². The van der Waals surface area contributed by atoms with Gasteiger partial charge in [-0.1, -0.05) is 117 Å². The average molecular weight is 769 g/mol. The number of aromatic nitrogens is 4. The summed E-state index contributed by atoms with van der Waals surface area (Å²) in [5.41, 5.74) is 3.33. The number of carbonyl (C=O) groups is 2. The molecule has 3 heterocycles. The van der Waals surface area contributed by atoms with Gasteiger partial charge in [-0.3, -0.25) is 24.4 Å². The van der Waals surface area contributed by atoms with Crippen molar-refractivity contribution >= 4 is 29.0 Å². The fraction of sp³-hybridized carbons (Fsp3) is 0.311. The van der Waals surface area contributed by atoms with Crippen molar-refractivity contribution < 1.29 is 28.9 Å². The number of ether oxygens (including phenoxy) is 3. The standard InChI is InChI=1S/C45H48N6O6/c1-30(2)40(53)48-43-47-39-38(41(49-43)55-28-31-21-23-35(24-22-31)57-42(54)44(3,4)5)46-29-51(39)37-26-50(25-36(27-52)56-37)45(32-15-9-6-10-16-32,33-17-11-7-12-18-33)34-19-13-8-14-20-34/h6-24,29-30,36-37,52H,25-28H2,1-5H3,(H,47,48,49,53)/t36-,37+/m0/s1. The number of aliphatic hydroxyl groups excluding tert-OH is 1. The maximum absolute atomic E-state index is 12.9. The second-order valence-electron chi connectivity index (χ2n) is 15.5. The quantitative estimate of drug-likeness (QED) is 0.0751. The zero-order valence-electron chi connectivity index (χ0n) is 32.8. The number of carbonyl (C=O) groups excluding carboxylic acids is 2. The summed E-state index contributed by atoms with van der Waals surface area (Å²) in [4.78, 5) is 41.8. The second-order valence-corrected chi connectivity index (χ2v) is 15.5. The molecule has 1 aliphatic heterocycles. The summed E-state index contributed by atoms with van der Waals surface area (Å²) >= 11 is 0. The second kappa shape index (κ2) is 16.6. The summed E-state index contributed by atoms with van der Waals surface area (Å²) in [6, 6.07) is 38.2. The van der Waals surface area contributed by atoms with Crippen LogP contribution in [-0.2, 0) is 26.5 Å². The van der Waals surface area contributed by atoms with Gasteiger partial charge in [0.15, 0.2) is 11.2 Å². The van der Waals surface area contributed by atoms with Crippen molar-refractivity contribution in [3.63, 3.8) is 0 Å². The number of imidazole rings is 1. The van der Waals surface area contributed by atoms with E-state index in [9.17, 15) is 14.7 Å². The molecule has 12 heteroatoms. The van der Waals surface area contributed by atoms with Gasteiger partial charge in [-0.15, -0.1) is 0 Å². The van der Waals surface area contributed by atoms with Crippen LogP contribution in [0.3, 0.4) is 0 Å². The fourth-order valence-corrected chi connectivity index (χ4v) is 7.01. The molecule has 1 amide bonds. The van der Waals surface area contributed by atoms with E-state index >= 15 is 0 Å². The van der Waals surface area contributed by atoms with Gasteiger partial charge in [-0.05, 0) is 55.2 Å². The Kier molecular flexibility index (Phi) is 11.5. The van der Waals surface area contributed by atoms with Crippen molar-refractivity contribution in [3.05, 3.63) is 144 Å². The Bertz CT molecular complexity index is 2200. The molecule has 1 fully saturated rings. The predicted octanol–water partition coefficient (Wildman–Crippen LogP) is 7.14. The monoisotopic (exact) mass is 768 g/mol. The predicted molar refractivity (Wildman–Crippen MR) is 216 cm³/mol. The highest BCUT2D eigenvalue weighted by molar-refractivity contribution is 5.91. The summed E-state index contributed by atoms with van der Waals surface area (Å²) in [6.45, 7) is 9.66. The number of nitrogens with one attached hydrogen (secondary N) is 1. The van der Waals surface area contributed by atoms with Crippen LogP contribution >= 0.6 is 0 Å². The van der Waals surface area contributed by atoms with Gasteiger partial charge in [0.2, 0.25) is 17.7 Å². The lowest BCUT2D eigenvalue weighted by molar-refractivity contribution is -0.148. The summed E-state index contributed by atoms with van der Waals surface area (Å²) in [6.07, 6.45) is 0.396. The summed E-state index contributed by atoms with van der Waals surface area (Å²) in [5, 5.41) is 13.6. The van der Waals surface area contributed by atoms with Crippen LogP contribution in [0.5, 0.6) is 11.6 Å². The SMILES string of the molecule is CC(C)C(=O)Nc1nc(OCc2ccc(OC(=O)C(C)(C)C)cc2)c2ncn([C@H]3CN(C(c4ccccc4)(c4ccccc4)c4ccccc4)C[C@@H](CO)O3)c2n1. The minimum absolute atomic E-state index is 0.0565. The van der Waals surface area contributed by atoms with Gasteiger partial charge in [0, 0.05) is 19.0 Å². The Labute approximate surface area is 332 Å². The van der Waals surface area contributed by atoms with Crippen molar-refractivity contribution in [1.29, 1.82) is 0 Å². The fourth-order valence-electron chi connectivity index (χ4n) is 7.01. The number of anilines is 1. The molecule has 0 bridgehead atoms. The Balaban J connectivity index is 1.27. The topological polar surface area (TPSA) is 141 Å². The lowest BCUT2D eigenvalue weighted by atomic mass is 9.75. The molecular formula is C45H48N6O6. The summed E-state index contributed by atoms with van der Waals surface area (Å²) in [7, 11) is 0. The molecule has 12 nitrogen and oxygen atoms in total. The zero-order valence-corrected chi connectivity index (χ0v) is 32.8. The first-order chi connectivity index (χ1) is 27.5. The number of amides is 1. The van der Waals surface area contributed by atoms with E-state index in [4.69, 9.17) is 24.2 Å². The van der Waals surface area contributed by atoms with Gasteiger partial charge < -0.3 is 19.3 Å². The normalized spacial score (nSPS) is 16.4. The number of fused-ring (bicyclic) bond motifs is 1. The van der Waals surface area contributed by atoms with Crippen molar-refractivity contribution in [2.45, 2.75) is 59.1 Å². The number of esters is 1. The van der Waals surface area contributed by atoms with Gasteiger partial charge in [0.05, 0.1) is 30.0 Å². The molecular weight excluding hydrogens is 721 g/mol. The van der Waals surface area contributed by atoms with E-state index in [2.05, 4.69) is 51.6 Å². The van der Waals surface area contributed by atoms with Crippen molar-refractivity contribution in [3.8, 4) is 11.6 Å². The van der Waals surface area contributed by atoms with Crippen molar-refractivity contribution in [2.24, 2.45) is 11.3 Å². The van der Waals surface area contributed by atoms with Crippen molar-refractivity contribution in [2.75, 3.05) is 25.0 Å². The third kappa shape index (κ3) is 8.29. The third-order valence-corrected chi connectivity index (χ3v) is 9.98. The molecule has 0 radical (unpaired) electrons. The molecule has 1 aliphatic rings. The Hall–Kier alpha value is -5.95. The molecule has 1 saturated heterocycles. The van der Waals surface area contributed by atoms with Crippen LogP contribution in [0, 0.1) is 11.3 Å². The molecule has 0 saturated carbocycles. The van der Waals surface area contributed by atoms with Crippen LogP contribution in [0.15, 0.2) is 122 Å². The molecule has 2 atom stereocenters. The lowest BCUT2D eigenvalue weighted by Crippen LogP contribution is -2.57. The Morgan fingerprint density at radius 3 is 1.95 bits per heavy atom. The molecule has 0 aliphatic carbocycles. The van der Waals surface area contributed by atoms with Gasteiger partial charge >= 0.3 is 5.97 Å². The van der Waals surface area contributed by atoms with Gasteiger partial charge in [0.1, 0.15) is 18.6 Å². The minimum atomic E-state index is -0.768. The number of nitrogens with zero attached hydrogens (tertiary/aromatic N) is 5. The first-order valence-corrected chi connectivity index (χ1v) is 19.1. The average Bonchev–Trinajstić information content (AvgIpc) is 3.66. The molecule has 0 spiro atoms. The highest BCUT2D eigenvalue weighted by Crippen LogP contribution is 2.45. The van der Waals surface area contributed by atoms with Crippen LogP contribution in [0.2, 0.25) is 0 Å². The number of hydrogen-bond acceptors (Lipinski definition) is 10. The number of hydrogen-bond donors (Lipinski definition) is 2. The molecule has 4 aromatic carbocycles. The smallest absolute Gasteiger partial charge is 0.316 e. The van der Waals surface area contributed by atoms with Crippen LogP contribution in [0.25, 0.3) is 11.2 Å². The molecule has 7 rings (SSSR count). The number of morpholine rings is 1. The Morgan fingerprint density at radius 2 is 1.42 bits per heavy atom. The van der Waals surface area contributed by atoms with E-state index < -0.39 is 23.3 Å². The molecule has 57 heavy (non-hydrogen) atoms. The number of benzene rings is 4. The van der Waals surface area contributed by atoms with E-state index in [0.29, 0.717) is 30.0 Å². The molecule has 2 N–H and O–H groups in total. The first-order valence-electron chi connectivity index (χ1n) is 19.1. The van der Waals surface area contributed by atoms with E-state index in [-0.39, 0.29) is 42.8 Å². The summed E-state index contributed by atoms with van der Waals surface area (Å²) in [5.74, 6) is -0.264. The maximum atomic E-state index is 12.9. The molecule has 0 unspecified atom stereocenters. The zero-order chi connectivity index (χ0) is 40.2. The Morgan fingerprint density at radius 1 is 0.842 bits per heavy atom. The molecule has 294 valence electrons. The first kappa shape index (κ1) is 39.3. The maximum Gasteiger partial charge on any atom is 0.316 e. The lowest BCUT2D eigenvalue weighted by Gasteiger charge is -2.50. The minimum Gasteiger partial charge on any atom is -0.471 e. The van der Waals surface area contributed by atoms with E-state index in [1.807, 2.05) is 71.3 Å². The van der Waals surface area contributed by atoms with Gasteiger partial charge in [-0.2, -0.15) is 9.97 Å². The largest absolute Gasteiger partial charge is 0.471 e. The van der Waals surface area contributed by atoms with Crippen LogP contribution < -0.4 is 14.8 Å². The van der Waals surface area contributed by atoms with Gasteiger partial charge in [0.25, 0.3) is 0 Å².